The standard InChI is InChI=1S/C32H42F3N7O2/c33-32(34,35)24-12-10-20(11-13-24)25(18-19-6-8-23(9-7-19)28(36)37)30(43)42-27(21-4-2-1-3-5-21)31(44)41-26(29(38)39)22-14-16-40-17-15-22/h6-13,21-22,25-27,40H,1-5,14-18H2,(H3,36,37)(H3,38,39)(H,41,44)(H,42,43). The molecule has 238 valence electrons. The minimum Gasteiger partial charge on any atom is -0.386 e. The molecule has 0 aromatic heterocycles. The topological polar surface area (TPSA) is 170 Å². The Bertz CT molecular complexity index is 1300. The van der Waals surface area contributed by atoms with Gasteiger partial charge < -0.3 is 27.4 Å². The number of amides is 2. The van der Waals surface area contributed by atoms with Crippen molar-refractivity contribution >= 4 is 23.5 Å². The zero-order chi connectivity index (χ0) is 31.9. The first-order valence-electron chi connectivity index (χ1n) is 15.2. The second kappa shape index (κ2) is 14.7. The van der Waals surface area contributed by atoms with Gasteiger partial charge in [0.1, 0.15) is 17.7 Å². The number of benzene rings is 2. The molecule has 2 fully saturated rings. The van der Waals surface area contributed by atoms with Crippen LogP contribution in [0.2, 0.25) is 0 Å². The van der Waals surface area contributed by atoms with Crippen LogP contribution in [0.15, 0.2) is 48.5 Å². The molecule has 1 aliphatic carbocycles. The Labute approximate surface area is 255 Å². The number of nitrogens with two attached hydrogens (primary N) is 2. The van der Waals surface area contributed by atoms with E-state index in [1.165, 1.54) is 12.1 Å². The Hall–Kier alpha value is -3.93. The summed E-state index contributed by atoms with van der Waals surface area (Å²) >= 11 is 0. The van der Waals surface area contributed by atoms with Crippen molar-refractivity contribution in [2.75, 3.05) is 13.1 Å². The Morgan fingerprint density at radius 3 is 1.93 bits per heavy atom. The largest absolute Gasteiger partial charge is 0.416 e. The molecule has 9 N–H and O–H groups in total. The second-order valence-electron chi connectivity index (χ2n) is 11.9. The summed E-state index contributed by atoms with van der Waals surface area (Å²) in [4.78, 5) is 27.9. The molecule has 44 heavy (non-hydrogen) atoms. The number of amidine groups is 2. The molecule has 2 aliphatic rings. The molecule has 0 radical (unpaired) electrons. The number of rotatable bonds is 11. The Balaban J connectivity index is 1.62. The van der Waals surface area contributed by atoms with Crippen LogP contribution in [-0.4, -0.2) is 48.7 Å². The number of piperidine rings is 1. The van der Waals surface area contributed by atoms with Crippen LogP contribution < -0.4 is 27.4 Å². The molecule has 1 saturated heterocycles. The maximum absolute atomic E-state index is 14.0. The Kier molecular flexibility index (Phi) is 11.0. The molecule has 2 amide bonds. The minimum atomic E-state index is -4.52. The molecule has 2 aromatic rings. The maximum atomic E-state index is 14.0. The summed E-state index contributed by atoms with van der Waals surface area (Å²) in [5, 5.41) is 25.0. The van der Waals surface area contributed by atoms with Gasteiger partial charge in [0.05, 0.1) is 17.5 Å². The van der Waals surface area contributed by atoms with E-state index < -0.39 is 41.6 Å². The highest BCUT2D eigenvalue weighted by molar-refractivity contribution is 5.95. The molecule has 2 aromatic carbocycles. The summed E-state index contributed by atoms with van der Waals surface area (Å²) in [7, 11) is 0. The van der Waals surface area contributed by atoms with Crippen molar-refractivity contribution in [3.8, 4) is 0 Å². The highest BCUT2D eigenvalue weighted by Gasteiger charge is 2.37. The highest BCUT2D eigenvalue weighted by Crippen LogP contribution is 2.32. The first-order valence-corrected chi connectivity index (χ1v) is 15.2. The van der Waals surface area contributed by atoms with Crippen LogP contribution in [0.3, 0.4) is 0 Å². The number of halogens is 3. The highest BCUT2D eigenvalue weighted by atomic mass is 19.4. The van der Waals surface area contributed by atoms with E-state index in [4.69, 9.17) is 22.3 Å². The fraction of sp³-hybridized carbons (Fsp3) is 0.500. The second-order valence-corrected chi connectivity index (χ2v) is 11.9. The number of carbonyl (C=O) groups excluding carboxylic acids is 2. The van der Waals surface area contributed by atoms with Gasteiger partial charge in [-0.3, -0.25) is 20.4 Å². The van der Waals surface area contributed by atoms with E-state index in [0.717, 1.165) is 75.7 Å². The van der Waals surface area contributed by atoms with Gasteiger partial charge in [-0.15, -0.1) is 0 Å². The van der Waals surface area contributed by atoms with Crippen LogP contribution in [0.5, 0.6) is 0 Å². The average molecular weight is 614 g/mol. The fourth-order valence-corrected chi connectivity index (χ4v) is 6.31. The zero-order valence-electron chi connectivity index (χ0n) is 24.7. The molecule has 12 heteroatoms. The Morgan fingerprint density at radius 2 is 1.39 bits per heavy atom. The predicted octanol–water partition coefficient (Wildman–Crippen LogP) is 3.80. The van der Waals surface area contributed by atoms with Crippen LogP contribution in [0.25, 0.3) is 0 Å². The summed E-state index contributed by atoms with van der Waals surface area (Å²) in [5.41, 5.74) is 12.3. The number of nitrogen functional groups attached to an aromatic ring is 1. The summed E-state index contributed by atoms with van der Waals surface area (Å²) in [6, 6.07) is 9.73. The van der Waals surface area contributed by atoms with Crippen LogP contribution in [0.4, 0.5) is 13.2 Å². The predicted molar refractivity (Wildman–Crippen MR) is 163 cm³/mol. The summed E-state index contributed by atoms with van der Waals surface area (Å²) in [5.74, 6) is -2.14. The van der Waals surface area contributed by atoms with Crippen molar-refractivity contribution in [1.82, 2.24) is 16.0 Å². The molecule has 0 bridgehead atoms. The third kappa shape index (κ3) is 8.58. The first-order chi connectivity index (χ1) is 20.9. The fourth-order valence-electron chi connectivity index (χ4n) is 6.31. The molecule has 1 heterocycles. The number of hydrogen-bond donors (Lipinski definition) is 7. The maximum Gasteiger partial charge on any atom is 0.416 e. The van der Waals surface area contributed by atoms with Gasteiger partial charge in [-0.25, -0.2) is 0 Å². The van der Waals surface area contributed by atoms with Crippen LogP contribution in [0.1, 0.15) is 73.1 Å². The van der Waals surface area contributed by atoms with Gasteiger partial charge in [0.25, 0.3) is 0 Å². The van der Waals surface area contributed by atoms with Gasteiger partial charge >= 0.3 is 6.18 Å². The van der Waals surface area contributed by atoms with Gasteiger partial charge in [-0.2, -0.15) is 13.2 Å². The lowest BCUT2D eigenvalue weighted by molar-refractivity contribution is -0.137. The van der Waals surface area contributed by atoms with E-state index in [9.17, 15) is 22.8 Å². The monoisotopic (exact) mass is 613 g/mol. The van der Waals surface area contributed by atoms with Crippen molar-refractivity contribution in [3.05, 3.63) is 70.8 Å². The summed E-state index contributed by atoms with van der Waals surface area (Å²) < 4.78 is 39.9. The van der Waals surface area contributed by atoms with E-state index >= 15 is 0 Å². The molecule has 1 aliphatic heterocycles. The average Bonchev–Trinajstić information content (AvgIpc) is 3.01. The quantitative estimate of drug-likeness (QED) is 0.151. The lowest BCUT2D eigenvalue weighted by Crippen LogP contribution is -2.58. The lowest BCUT2D eigenvalue weighted by Gasteiger charge is -2.35. The molecule has 4 rings (SSSR count). The lowest BCUT2D eigenvalue weighted by atomic mass is 9.82. The number of nitrogens with one attached hydrogen (secondary N) is 5. The van der Waals surface area contributed by atoms with Gasteiger partial charge in [0.15, 0.2) is 0 Å². The number of hydrogen-bond acceptors (Lipinski definition) is 5. The molecule has 3 unspecified atom stereocenters. The van der Waals surface area contributed by atoms with Crippen molar-refractivity contribution in [3.63, 3.8) is 0 Å². The van der Waals surface area contributed by atoms with Crippen molar-refractivity contribution < 1.29 is 22.8 Å². The first kappa shape index (κ1) is 33.0. The number of carbonyl (C=O) groups is 2. The molecular weight excluding hydrogens is 571 g/mol. The van der Waals surface area contributed by atoms with Gasteiger partial charge in [0, 0.05) is 5.56 Å². The molecular formula is C32H42F3N7O2. The normalized spacial score (nSPS) is 18.5. The third-order valence-corrected chi connectivity index (χ3v) is 8.85. The minimum absolute atomic E-state index is 0.00160. The van der Waals surface area contributed by atoms with Crippen molar-refractivity contribution in [1.29, 1.82) is 10.8 Å². The summed E-state index contributed by atoms with van der Waals surface area (Å²) in [6.07, 6.45) is 1.49. The van der Waals surface area contributed by atoms with E-state index in [1.807, 2.05) is 0 Å². The molecule has 0 spiro atoms. The van der Waals surface area contributed by atoms with E-state index in [2.05, 4.69) is 16.0 Å². The summed E-state index contributed by atoms with van der Waals surface area (Å²) in [6.45, 7) is 1.52. The Morgan fingerprint density at radius 1 is 0.818 bits per heavy atom. The van der Waals surface area contributed by atoms with Crippen LogP contribution in [-0.2, 0) is 22.2 Å². The zero-order valence-corrected chi connectivity index (χ0v) is 24.7. The van der Waals surface area contributed by atoms with Crippen molar-refractivity contribution in [2.24, 2.45) is 23.3 Å². The van der Waals surface area contributed by atoms with Gasteiger partial charge in [-0.1, -0.05) is 55.7 Å². The van der Waals surface area contributed by atoms with Crippen molar-refractivity contribution in [2.45, 2.75) is 75.5 Å². The molecule has 1 saturated carbocycles. The number of alkyl halides is 3. The van der Waals surface area contributed by atoms with E-state index in [1.54, 1.807) is 24.3 Å². The SMILES string of the molecule is N=C(N)c1ccc(CC(C(=O)NC(C(=O)NC(C(=N)N)C2CCNCC2)C2CCCCC2)c2ccc(C(F)(F)F)cc2)cc1. The molecule has 9 nitrogen and oxygen atoms in total. The van der Waals surface area contributed by atoms with Crippen LogP contribution >= 0.6 is 0 Å². The van der Waals surface area contributed by atoms with E-state index in [0.29, 0.717) is 11.1 Å². The van der Waals surface area contributed by atoms with E-state index in [-0.39, 0.29) is 29.9 Å². The third-order valence-electron chi connectivity index (χ3n) is 8.85. The smallest absolute Gasteiger partial charge is 0.386 e. The van der Waals surface area contributed by atoms with Gasteiger partial charge in [-0.05, 0) is 80.3 Å². The van der Waals surface area contributed by atoms with Gasteiger partial charge in [0.2, 0.25) is 11.8 Å². The molecule has 3 atom stereocenters. The van der Waals surface area contributed by atoms with Crippen LogP contribution in [0, 0.1) is 22.7 Å².